The summed E-state index contributed by atoms with van der Waals surface area (Å²) in [6.07, 6.45) is 2.83. The van der Waals surface area contributed by atoms with Gasteiger partial charge in [-0.15, -0.1) is 0 Å². The van der Waals surface area contributed by atoms with Crippen molar-refractivity contribution in [3.05, 3.63) is 24.0 Å². The van der Waals surface area contributed by atoms with E-state index in [9.17, 15) is 14.7 Å². The Labute approximate surface area is 126 Å². The van der Waals surface area contributed by atoms with Crippen LogP contribution in [0.2, 0.25) is 0 Å². The zero-order valence-electron chi connectivity index (χ0n) is 11.5. The molecule has 1 aromatic heterocycles. The molecule has 0 radical (unpaired) electrons. The number of rotatable bonds is 4. The lowest BCUT2D eigenvalue weighted by atomic mass is 10.2. The van der Waals surface area contributed by atoms with E-state index in [2.05, 4.69) is 10.3 Å². The summed E-state index contributed by atoms with van der Waals surface area (Å²) in [5.74, 6) is 0.507. The van der Waals surface area contributed by atoms with Gasteiger partial charge in [-0.2, -0.15) is 11.8 Å². The Balaban J connectivity index is 1.47. The largest absolute Gasteiger partial charge is 0.505 e. The number of aromatic hydroxyl groups is 1. The lowest BCUT2D eigenvalue weighted by Crippen LogP contribution is -2.40. The van der Waals surface area contributed by atoms with Crippen LogP contribution in [0, 0.1) is 0 Å². The van der Waals surface area contributed by atoms with Gasteiger partial charge in [0, 0.05) is 42.8 Å². The second-order valence-electron chi connectivity index (χ2n) is 5.27. The molecule has 0 unspecified atom stereocenters. The monoisotopic (exact) mass is 307 g/mol. The Hall–Kier alpha value is -1.76. The third-order valence-corrected chi connectivity index (χ3v) is 5.24. The fourth-order valence-electron chi connectivity index (χ4n) is 2.79. The van der Waals surface area contributed by atoms with Gasteiger partial charge < -0.3 is 15.3 Å². The lowest BCUT2D eigenvalue weighted by molar-refractivity contribution is -0.131. The van der Waals surface area contributed by atoms with Crippen LogP contribution in [0.15, 0.2) is 18.3 Å². The van der Waals surface area contributed by atoms with E-state index in [4.69, 9.17) is 0 Å². The molecule has 21 heavy (non-hydrogen) atoms. The van der Waals surface area contributed by atoms with Gasteiger partial charge in [0.1, 0.15) is 5.75 Å². The Morgan fingerprint density at radius 1 is 1.52 bits per heavy atom. The number of aromatic nitrogens is 1. The number of likely N-dealkylation sites (tertiary alicyclic amines) is 1. The van der Waals surface area contributed by atoms with Crippen LogP contribution in [0.1, 0.15) is 23.3 Å². The van der Waals surface area contributed by atoms with Gasteiger partial charge in [-0.3, -0.25) is 9.59 Å². The topological polar surface area (TPSA) is 82.5 Å². The molecule has 2 atom stereocenters. The van der Waals surface area contributed by atoms with E-state index in [1.165, 1.54) is 12.3 Å². The summed E-state index contributed by atoms with van der Waals surface area (Å²) in [6.45, 7) is 1.10. The molecule has 112 valence electrons. The van der Waals surface area contributed by atoms with Crippen LogP contribution in [0.3, 0.4) is 0 Å². The molecule has 3 heterocycles. The summed E-state index contributed by atoms with van der Waals surface area (Å²) in [4.78, 5) is 29.7. The normalized spacial score (nSPS) is 23.3. The quantitative estimate of drug-likeness (QED) is 0.852. The van der Waals surface area contributed by atoms with Gasteiger partial charge >= 0.3 is 0 Å². The summed E-state index contributed by atoms with van der Waals surface area (Å²) >= 11 is 1.94. The van der Waals surface area contributed by atoms with Crippen molar-refractivity contribution in [2.24, 2.45) is 0 Å². The maximum absolute atomic E-state index is 12.1. The van der Waals surface area contributed by atoms with Crippen LogP contribution < -0.4 is 5.32 Å². The smallest absolute Gasteiger partial charge is 0.273 e. The fourth-order valence-corrected chi connectivity index (χ4v) is 4.22. The molecule has 0 saturated carbocycles. The Kier molecular flexibility index (Phi) is 4.01. The number of nitrogens with zero attached hydrogens (tertiary/aromatic N) is 2. The number of fused-ring (bicyclic) bond motifs is 2. The molecule has 0 aromatic carbocycles. The zero-order chi connectivity index (χ0) is 14.8. The van der Waals surface area contributed by atoms with Crippen LogP contribution >= 0.6 is 11.8 Å². The number of hydrogen-bond acceptors (Lipinski definition) is 5. The molecule has 3 rings (SSSR count). The van der Waals surface area contributed by atoms with Crippen molar-refractivity contribution in [3.63, 3.8) is 0 Å². The molecule has 6 nitrogen and oxygen atoms in total. The minimum atomic E-state index is -0.459. The van der Waals surface area contributed by atoms with Gasteiger partial charge in [-0.05, 0) is 18.6 Å². The molecule has 1 aromatic rings. The van der Waals surface area contributed by atoms with E-state index < -0.39 is 5.91 Å². The molecule has 7 heteroatoms. The van der Waals surface area contributed by atoms with E-state index in [0.717, 1.165) is 18.7 Å². The molecule has 0 spiro atoms. The molecule has 0 aliphatic carbocycles. The van der Waals surface area contributed by atoms with Crippen LogP contribution in [0.5, 0.6) is 5.75 Å². The average Bonchev–Trinajstić information content (AvgIpc) is 3.10. The van der Waals surface area contributed by atoms with Gasteiger partial charge in [0.15, 0.2) is 5.69 Å². The van der Waals surface area contributed by atoms with Crippen molar-refractivity contribution >= 4 is 23.6 Å². The van der Waals surface area contributed by atoms with Crippen molar-refractivity contribution < 1.29 is 14.7 Å². The van der Waals surface area contributed by atoms with Gasteiger partial charge in [0.2, 0.25) is 5.91 Å². The molecular formula is C14H17N3O3S. The summed E-state index contributed by atoms with van der Waals surface area (Å²) < 4.78 is 0. The number of pyridine rings is 1. The predicted molar refractivity (Wildman–Crippen MR) is 79.2 cm³/mol. The Morgan fingerprint density at radius 2 is 2.38 bits per heavy atom. The third-order valence-electron chi connectivity index (χ3n) is 3.85. The molecule has 2 fully saturated rings. The third kappa shape index (κ3) is 2.97. The van der Waals surface area contributed by atoms with Gasteiger partial charge in [-0.1, -0.05) is 0 Å². The van der Waals surface area contributed by atoms with Crippen molar-refractivity contribution in [1.82, 2.24) is 15.2 Å². The number of amides is 2. The Morgan fingerprint density at radius 3 is 3.05 bits per heavy atom. The summed E-state index contributed by atoms with van der Waals surface area (Å²) in [6, 6.07) is 3.34. The van der Waals surface area contributed by atoms with E-state index in [-0.39, 0.29) is 30.3 Å². The average molecular weight is 307 g/mol. The summed E-state index contributed by atoms with van der Waals surface area (Å²) in [7, 11) is 0. The van der Waals surface area contributed by atoms with Crippen LogP contribution in [0.25, 0.3) is 0 Å². The highest BCUT2D eigenvalue weighted by Crippen LogP contribution is 2.37. The number of carbonyl (C=O) groups is 2. The first kappa shape index (κ1) is 14.2. The molecule has 2 aliphatic heterocycles. The first-order valence-electron chi connectivity index (χ1n) is 6.98. The number of carbonyl (C=O) groups excluding carboxylic acids is 2. The maximum Gasteiger partial charge on any atom is 0.273 e. The van der Waals surface area contributed by atoms with Gasteiger partial charge in [0.25, 0.3) is 5.91 Å². The Bertz CT molecular complexity index is 566. The lowest BCUT2D eigenvalue weighted by Gasteiger charge is -2.26. The van der Waals surface area contributed by atoms with Gasteiger partial charge in [-0.25, -0.2) is 4.98 Å². The minimum absolute atomic E-state index is 0.0124. The van der Waals surface area contributed by atoms with Crippen molar-refractivity contribution in [3.8, 4) is 5.75 Å². The second kappa shape index (κ2) is 5.93. The number of hydrogen-bond donors (Lipinski definition) is 2. The van der Waals surface area contributed by atoms with Crippen molar-refractivity contribution in [1.29, 1.82) is 0 Å². The highest BCUT2D eigenvalue weighted by Gasteiger charge is 2.40. The molecule has 2 N–H and O–H groups in total. The number of nitrogens with one attached hydrogen (secondary N) is 1. The number of thioether (sulfide) groups is 1. The highest BCUT2D eigenvalue weighted by molar-refractivity contribution is 8.00. The van der Waals surface area contributed by atoms with Crippen molar-refractivity contribution in [2.75, 3.05) is 18.8 Å². The molecule has 2 amide bonds. The first-order chi connectivity index (χ1) is 10.1. The fraction of sp³-hybridized carbons (Fsp3) is 0.500. The van der Waals surface area contributed by atoms with E-state index in [1.807, 2.05) is 16.7 Å². The standard InChI is InChI=1S/C14H17N3O3S/c18-11-2-1-4-15-13(11)14(20)16-5-3-12(19)17-7-10-6-9(17)8-21-10/h1-2,4,9-10,18H,3,5-8H2,(H,16,20)/t9-,10-/m0/s1. The van der Waals surface area contributed by atoms with Gasteiger partial charge in [0.05, 0.1) is 0 Å². The SMILES string of the molecule is O=C(NCCC(=O)N1C[C@@H]2C[C@H]1CS2)c1ncccc1O. The summed E-state index contributed by atoms with van der Waals surface area (Å²) in [5, 5.41) is 12.8. The molecule has 2 saturated heterocycles. The molecule has 2 aliphatic rings. The van der Waals surface area contributed by atoms with Crippen LogP contribution in [-0.2, 0) is 4.79 Å². The van der Waals surface area contributed by atoms with E-state index in [0.29, 0.717) is 11.3 Å². The predicted octanol–water partition coefficient (Wildman–Crippen LogP) is 0.623. The molecule has 2 bridgehead atoms. The summed E-state index contributed by atoms with van der Waals surface area (Å²) in [5.41, 5.74) is -0.0124. The van der Waals surface area contributed by atoms with E-state index in [1.54, 1.807) is 6.07 Å². The first-order valence-corrected chi connectivity index (χ1v) is 8.03. The van der Waals surface area contributed by atoms with Crippen LogP contribution in [0.4, 0.5) is 0 Å². The highest BCUT2D eigenvalue weighted by atomic mass is 32.2. The molecular weight excluding hydrogens is 290 g/mol. The maximum atomic E-state index is 12.1. The van der Waals surface area contributed by atoms with Crippen molar-refractivity contribution in [2.45, 2.75) is 24.1 Å². The van der Waals surface area contributed by atoms with E-state index >= 15 is 0 Å². The van der Waals surface area contributed by atoms with Crippen LogP contribution in [-0.4, -0.2) is 56.9 Å². The minimum Gasteiger partial charge on any atom is -0.505 e. The second-order valence-corrected chi connectivity index (χ2v) is 6.60. The zero-order valence-corrected chi connectivity index (χ0v) is 12.3.